The number of carbonyl (C=O) groups is 3. The summed E-state index contributed by atoms with van der Waals surface area (Å²) in [5.41, 5.74) is 4.70. The highest BCUT2D eigenvalue weighted by molar-refractivity contribution is 6.07. The normalized spacial score (nSPS) is 10.7. The van der Waals surface area contributed by atoms with E-state index in [-0.39, 0.29) is 48.5 Å². The van der Waals surface area contributed by atoms with E-state index in [4.69, 9.17) is 24.7 Å². The molecule has 2 aromatic carbocycles. The fourth-order valence-corrected chi connectivity index (χ4v) is 4.05. The molecule has 0 bridgehead atoms. The van der Waals surface area contributed by atoms with Gasteiger partial charge in [0.15, 0.2) is 17.1 Å². The van der Waals surface area contributed by atoms with Gasteiger partial charge in [-0.2, -0.15) is 5.10 Å². The van der Waals surface area contributed by atoms with Crippen LogP contribution in [0, 0.1) is 11.6 Å². The molecule has 0 radical (unpaired) electrons. The number of nitrogens with one attached hydrogen (secondary N) is 1. The average molecular weight is 710 g/mol. The van der Waals surface area contributed by atoms with Gasteiger partial charge in [0.25, 0.3) is 0 Å². The van der Waals surface area contributed by atoms with Gasteiger partial charge in [0, 0.05) is 49.0 Å². The second-order valence-corrected chi connectivity index (χ2v) is 9.92. The topological polar surface area (TPSA) is 190 Å². The zero-order chi connectivity index (χ0) is 37.2. The highest BCUT2D eigenvalue weighted by atomic mass is 19.1. The van der Waals surface area contributed by atoms with E-state index in [0.717, 1.165) is 11.1 Å². The molecule has 3 heterocycles. The summed E-state index contributed by atoms with van der Waals surface area (Å²) < 4.78 is 47.2. The SMILES string of the molecule is CCOC(=O)/C(=C\C(=O)c1ccon1)N(C)OC.CCOC(=O)c1cc(-c2ccon2)n(Cc2ccccc2F)n1.NNCc1ccccc1F. The lowest BCUT2D eigenvalue weighted by Crippen LogP contribution is -2.25. The minimum absolute atomic E-state index is 0.0210. The Morgan fingerprint density at radius 2 is 1.53 bits per heavy atom. The lowest BCUT2D eigenvalue weighted by molar-refractivity contribution is -0.149. The number of hydrogen-bond donors (Lipinski definition) is 2. The number of nitrogens with two attached hydrogens (primary N) is 1. The van der Waals surface area contributed by atoms with Crippen molar-refractivity contribution in [3.8, 4) is 11.4 Å². The molecular weight excluding hydrogens is 672 g/mol. The van der Waals surface area contributed by atoms with Gasteiger partial charge in [-0.05, 0) is 26.0 Å². The van der Waals surface area contributed by atoms with Gasteiger partial charge in [0.1, 0.15) is 29.9 Å². The van der Waals surface area contributed by atoms with Crippen LogP contribution in [0.15, 0.2) is 100 Å². The minimum atomic E-state index is -0.654. The van der Waals surface area contributed by atoms with Crippen LogP contribution in [-0.4, -0.2) is 70.3 Å². The van der Waals surface area contributed by atoms with Crippen molar-refractivity contribution in [2.24, 2.45) is 5.84 Å². The molecule has 0 spiro atoms. The number of allylic oxidation sites excluding steroid dienone is 1. The van der Waals surface area contributed by atoms with Crippen LogP contribution in [0.5, 0.6) is 0 Å². The fourth-order valence-electron chi connectivity index (χ4n) is 4.05. The summed E-state index contributed by atoms with van der Waals surface area (Å²) in [7, 11) is 2.85. The lowest BCUT2D eigenvalue weighted by Gasteiger charge is -2.17. The second kappa shape index (κ2) is 20.5. The van der Waals surface area contributed by atoms with E-state index >= 15 is 0 Å². The van der Waals surface area contributed by atoms with Gasteiger partial charge in [-0.1, -0.05) is 46.7 Å². The molecule has 5 rings (SSSR count). The number of nitrogens with zero attached hydrogens (tertiary/aromatic N) is 5. The van der Waals surface area contributed by atoms with Crippen LogP contribution in [0.2, 0.25) is 0 Å². The second-order valence-electron chi connectivity index (χ2n) is 9.92. The van der Waals surface area contributed by atoms with Crippen LogP contribution in [-0.2, 0) is 32.2 Å². The van der Waals surface area contributed by atoms with Crippen molar-refractivity contribution in [2.75, 3.05) is 27.4 Å². The van der Waals surface area contributed by atoms with Crippen LogP contribution in [0.3, 0.4) is 0 Å². The van der Waals surface area contributed by atoms with E-state index < -0.39 is 17.7 Å². The molecule has 0 amide bonds. The van der Waals surface area contributed by atoms with Crippen LogP contribution in [0.1, 0.15) is 46.0 Å². The Bertz CT molecular complexity index is 1860. The van der Waals surface area contributed by atoms with Gasteiger partial charge in [-0.3, -0.25) is 30.6 Å². The molecule has 0 fully saturated rings. The average Bonchev–Trinajstić information content (AvgIpc) is 3.93. The van der Waals surface area contributed by atoms with Gasteiger partial charge < -0.3 is 18.5 Å². The fraction of sp³-hybridized carbons (Fsp3) is 0.235. The largest absolute Gasteiger partial charge is 0.461 e. The Hall–Kier alpha value is -6.04. The number of hydroxylamine groups is 2. The monoisotopic (exact) mass is 709 g/mol. The Morgan fingerprint density at radius 3 is 2.08 bits per heavy atom. The van der Waals surface area contributed by atoms with Crippen LogP contribution >= 0.6 is 0 Å². The van der Waals surface area contributed by atoms with E-state index in [9.17, 15) is 23.2 Å². The Kier molecular flexibility index (Phi) is 15.8. The third kappa shape index (κ3) is 11.8. The van der Waals surface area contributed by atoms with Crippen LogP contribution in [0.25, 0.3) is 11.4 Å². The number of rotatable bonds is 13. The standard InChI is InChI=1S/C16H14FN3O3.C11H14N2O5.C7H9FN2/c1-2-22-16(21)14-9-15(13-7-8-23-19-13)20(18-14)10-11-5-3-4-6-12(11)17;1-4-17-11(15)9(13(2)16-3)7-10(14)8-5-6-18-12-8;8-7-4-2-1-3-6(7)5-10-9/h3-9H,2,10H2,1H3;5-7H,4H2,1-3H3;1-4,10H,5,9H2/b;9-7+;. The number of hydrogen-bond acceptors (Lipinski definition) is 14. The predicted octanol–water partition coefficient (Wildman–Crippen LogP) is 4.49. The van der Waals surface area contributed by atoms with Gasteiger partial charge in [0.2, 0.25) is 5.78 Å². The molecule has 0 aliphatic carbocycles. The number of carbonyl (C=O) groups excluding carboxylic acids is 3. The highest BCUT2D eigenvalue weighted by Crippen LogP contribution is 2.21. The number of halogens is 2. The maximum Gasteiger partial charge on any atom is 0.358 e. The minimum Gasteiger partial charge on any atom is -0.461 e. The maximum atomic E-state index is 13.9. The number of aromatic nitrogens is 4. The molecule has 15 nitrogen and oxygen atoms in total. The van der Waals surface area contributed by atoms with Gasteiger partial charge in [0.05, 0.1) is 32.6 Å². The van der Waals surface area contributed by atoms with E-state index in [2.05, 4.69) is 25.4 Å². The van der Waals surface area contributed by atoms with Crippen molar-refractivity contribution in [3.05, 3.63) is 125 Å². The number of hydrazine groups is 1. The first kappa shape index (κ1) is 39.4. The summed E-state index contributed by atoms with van der Waals surface area (Å²) >= 11 is 0. The van der Waals surface area contributed by atoms with E-state index in [1.807, 2.05) is 0 Å². The maximum absolute atomic E-state index is 13.9. The quantitative estimate of drug-likeness (QED) is 0.0572. The molecule has 3 aromatic heterocycles. The zero-order valence-electron chi connectivity index (χ0n) is 28.2. The number of benzene rings is 2. The molecule has 17 heteroatoms. The smallest absolute Gasteiger partial charge is 0.358 e. The number of likely N-dealkylation sites (N-methyl/N-ethyl adjacent to an activating group) is 1. The van der Waals surface area contributed by atoms with Crippen molar-refractivity contribution < 1.29 is 46.5 Å². The summed E-state index contributed by atoms with van der Waals surface area (Å²) in [4.78, 5) is 40.1. The Labute approximate surface area is 291 Å². The van der Waals surface area contributed by atoms with E-state index in [1.54, 1.807) is 62.4 Å². The molecule has 0 aliphatic heterocycles. The van der Waals surface area contributed by atoms with Crippen molar-refractivity contribution in [1.29, 1.82) is 0 Å². The first-order valence-electron chi connectivity index (χ1n) is 15.3. The highest BCUT2D eigenvalue weighted by Gasteiger charge is 2.20. The molecule has 51 heavy (non-hydrogen) atoms. The summed E-state index contributed by atoms with van der Waals surface area (Å²) in [5, 5.41) is 12.7. The van der Waals surface area contributed by atoms with Crippen molar-refractivity contribution in [1.82, 2.24) is 30.6 Å². The lowest BCUT2D eigenvalue weighted by atomic mass is 10.2. The van der Waals surface area contributed by atoms with Gasteiger partial charge in [-0.15, -0.1) is 0 Å². The summed E-state index contributed by atoms with van der Waals surface area (Å²) in [6.45, 7) is 4.36. The summed E-state index contributed by atoms with van der Waals surface area (Å²) in [6.07, 6.45) is 3.77. The number of ketones is 1. The first-order chi connectivity index (χ1) is 24.6. The van der Waals surface area contributed by atoms with E-state index in [0.29, 0.717) is 29.1 Å². The van der Waals surface area contributed by atoms with Crippen molar-refractivity contribution in [3.63, 3.8) is 0 Å². The summed E-state index contributed by atoms with van der Waals surface area (Å²) in [5.74, 6) is 2.78. The van der Waals surface area contributed by atoms with E-state index in [1.165, 1.54) is 49.6 Å². The molecule has 0 saturated carbocycles. The van der Waals surface area contributed by atoms with Crippen molar-refractivity contribution >= 4 is 17.7 Å². The first-order valence-corrected chi connectivity index (χ1v) is 15.3. The van der Waals surface area contributed by atoms with Gasteiger partial charge >= 0.3 is 11.9 Å². The predicted molar refractivity (Wildman–Crippen MR) is 177 cm³/mol. The molecular formula is C34H37F2N7O8. The van der Waals surface area contributed by atoms with Crippen molar-refractivity contribution in [2.45, 2.75) is 26.9 Å². The number of ether oxygens (including phenoxy) is 2. The van der Waals surface area contributed by atoms with Gasteiger partial charge in [-0.25, -0.2) is 18.4 Å². The third-order valence-electron chi connectivity index (χ3n) is 6.55. The molecule has 0 saturated heterocycles. The molecule has 270 valence electrons. The molecule has 3 N–H and O–H groups in total. The van der Waals surface area contributed by atoms with Crippen LogP contribution < -0.4 is 11.3 Å². The molecule has 0 aliphatic rings. The summed E-state index contributed by atoms with van der Waals surface area (Å²) in [6, 6.07) is 17.5. The molecule has 0 atom stereocenters. The molecule has 5 aromatic rings. The zero-order valence-corrected chi connectivity index (χ0v) is 28.2. The third-order valence-corrected chi connectivity index (χ3v) is 6.55. The Morgan fingerprint density at radius 1 is 0.902 bits per heavy atom. The number of esters is 2. The van der Waals surface area contributed by atoms with Crippen LogP contribution in [0.4, 0.5) is 8.78 Å². The Balaban J connectivity index is 0.000000223. The molecule has 0 unspecified atom stereocenters.